The average molecular weight is 536 g/mol. The van der Waals surface area contributed by atoms with Gasteiger partial charge in [-0.1, -0.05) is 11.6 Å². The van der Waals surface area contributed by atoms with Crippen LogP contribution in [0, 0.1) is 3.70 Å². The van der Waals surface area contributed by atoms with Gasteiger partial charge in [0.15, 0.2) is 16.7 Å². The predicted octanol–water partition coefficient (Wildman–Crippen LogP) is 1.73. The topological polar surface area (TPSA) is 90.6 Å². The Labute approximate surface area is 191 Å². The second-order valence-corrected chi connectivity index (χ2v) is 9.53. The third-order valence-electron chi connectivity index (χ3n) is 6.27. The van der Waals surface area contributed by atoms with E-state index in [0.717, 1.165) is 13.1 Å². The summed E-state index contributed by atoms with van der Waals surface area (Å²) in [6.07, 6.45) is 2.39. The fourth-order valence-electron chi connectivity index (χ4n) is 4.16. The van der Waals surface area contributed by atoms with Crippen molar-refractivity contribution in [1.82, 2.24) is 24.7 Å². The first-order valence-corrected chi connectivity index (χ1v) is 11.7. The lowest BCUT2D eigenvalue weighted by atomic mass is 9.99. The van der Waals surface area contributed by atoms with Gasteiger partial charge in [-0.2, -0.15) is 0 Å². The minimum absolute atomic E-state index is 0.0683. The number of carbonyl (C=O) groups excluding carboxylic acids is 1. The van der Waals surface area contributed by atoms with Gasteiger partial charge in [-0.3, -0.25) is 14.6 Å². The van der Waals surface area contributed by atoms with Gasteiger partial charge in [0, 0.05) is 44.3 Å². The Balaban J connectivity index is 1.57. The minimum atomic E-state index is -0.609. The fourth-order valence-corrected chi connectivity index (χ4v) is 4.65. The molecular weight excluding hydrogens is 505 g/mol. The number of halogens is 2. The van der Waals surface area contributed by atoms with Crippen LogP contribution in [-0.2, 0) is 0 Å². The molecule has 29 heavy (non-hydrogen) atoms. The normalized spacial score (nSPS) is 22.4. The van der Waals surface area contributed by atoms with E-state index >= 15 is 0 Å². The van der Waals surface area contributed by atoms with Crippen LogP contribution < -0.4 is 11.1 Å². The molecule has 2 saturated heterocycles. The summed E-state index contributed by atoms with van der Waals surface area (Å²) in [5.41, 5.74) is 5.61. The second-order valence-electron chi connectivity index (χ2n) is 8.15. The summed E-state index contributed by atoms with van der Waals surface area (Å²) in [5, 5.41) is 3.59. The number of nitrogens with two attached hydrogens (primary N) is 1. The number of hydrogen-bond acceptors (Lipinski definition) is 7. The third-order valence-corrected chi connectivity index (χ3v) is 7.60. The molecule has 2 atom stereocenters. The largest absolute Gasteiger partial charge is 0.364 e. The molecule has 3 heterocycles. The van der Waals surface area contributed by atoms with Crippen LogP contribution in [0.25, 0.3) is 0 Å². The second kappa shape index (κ2) is 10.0. The molecule has 2 fully saturated rings. The molecular formula is C19H31ClIN7O. The van der Waals surface area contributed by atoms with E-state index in [2.05, 4.69) is 50.9 Å². The Hall–Kier alpha value is -0.750. The number of nitrogens with zero attached hydrogens (tertiary/aromatic N) is 5. The number of aromatic nitrogens is 2. The highest BCUT2D eigenvalue weighted by molar-refractivity contribution is 14.1. The van der Waals surface area contributed by atoms with Crippen LogP contribution in [-0.4, -0.2) is 95.0 Å². The Morgan fingerprint density at radius 1 is 1.17 bits per heavy atom. The molecule has 2 aliphatic rings. The number of likely N-dealkylation sites (tertiary alicyclic amines) is 1. The van der Waals surface area contributed by atoms with E-state index in [0.29, 0.717) is 15.6 Å². The summed E-state index contributed by atoms with van der Waals surface area (Å²) in [4.78, 5) is 27.8. The SMILES string of the molecule is CC(Nc1nc(Cl)c(I)nc1C(N)=O)[C@@H](C)N1CCC(N2CCN(C)CC2)CC1. The van der Waals surface area contributed by atoms with Crippen molar-refractivity contribution in [3.63, 3.8) is 0 Å². The molecule has 10 heteroatoms. The van der Waals surface area contributed by atoms with Crippen molar-refractivity contribution in [2.45, 2.75) is 44.8 Å². The van der Waals surface area contributed by atoms with Gasteiger partial charge < -0.3 is 16.0 Å². The van der Waals surface area contributed by atoms with Crippen LogP contribution in [0.1, 0.15) is 37.2 Å². The van der Waals surface area contributed by atoms with Gasteiger partial charge in [0.05, 0.1) is 0 Å². The zero-order chi connectivity index (χ0) is 21.1. The first-order valence-electron chi connectivity index (χ1n) is 10.2. The lowest BCUT2D eigenvalue weighted by molar-refractivity contribution is 0.0545. The molecule has 1 unspecified atom stereocenters. The number of amides is 1. The highest BCUT2D eigenvalue weighted by Crippen LogP contribution is 2.23. The Kier molecular flexibility index (Phi) is 7.94. The summed E-state index contributed by atoms with van der Waals surface area (Å²) in [5.74, 6) is -0.253. The molecule has 1 amide bonds. The number of rotatable bonds is 6. The first-order chi connectivity index (χ1) is 13.8. The number of anilines is 1. The Morgan fingerprint density at radius 3 is 2.38 bits per heavy atom. The monoisotopic (exact) mass is 535 g/mol. The number of nitrogens with one attached hydrogen (secondary N) is 1. The molecule has 0 bridgehead atoms. The third kappa shape index (κ3) is 5.69. The van der Waals surface area contributed by atoms with E-state index in [1.807, 2.05) is 22.6 Å². The van der Waals surface area contributed by atoms with Gasteiger partial charge in [0.1, 0.15) is 3.70 Å². The van der Waals surface area contributed by atoms with E-state index < -0.39 is 5.91 Å². The van der Waals surface area contributed by atoms with Gasteiger partial charge in [0.25, 0.3) is 5.91 Å². The predicted molar refractivity (Wildman–Crippen MR) is 124 cm³/mol. The molecule has 8 nitrogen and oxygen atoms in total. The highest BCUT2D eigenvalue weighted by atomic mass is 127. The molecule has 1 aromatic rings. The van der Waals surface area contributed by atoms with Gasteiger partial charge in [-0.05, 0) is 69.4 Å². The summed E-state index contributed by atoms with van der Waals surface area (Å²) >= 11 is 8.06. The molecule has 162 valence electrons. The van der Waals surface area contributed by atoms with Crippen molar-refractivity contribution >= 4 is 45.9 Å². The Morgan fingerprint density at radius 2 is 1.79 bits per heavy atom. The lowest BCUT2D eigenvalue weighted by Crippen LogP contribution is -2.54. The van der Waals surface area contributed by atoms with Gasteiger partial charge in [0.2, 0.25) is 0 Å². The zero-order valence-corrected chi connectivity index (χ0v) is 20.3. The molecule has 0 aliphatic carbocycles. The quantitative estimate of drug-likeness (QED) is 0.536. The van der Waals surface area contributed by atoms with Crippen molar-refractivity contribution in [1.29, 1.82) is 0 Å². The van der Waals surface area contributed by atoms with E-state index in [-0.39, 0.29) is 22.9 Å². The van der Waals surface area contributed by atoms with E-state index in [1.54, 1.807) is 0 Å². The first kappa shape index (κ1) is 22.9. The van der Waals surface area contributed by atoms with Gasteiger partial charge >= 0.3 is 0 Å². The molecule has 3 rings (SSSR count). The molecule has 2 aliphatic heterocycles. The minimum Gasteiger partial charge on any atom is -0.364 e. The van der Waals surface area contributed by atoms with Crippen molar-refractivity contribution in [3.8, 4) is 0 Å². The molecule has 0 spiro atoms. The van der Waals surface area contributed by atoms with Crippen molar-refractivity contribution in [2.24, 2.45) is 5.73 Å². The smallest absolute Gasteiger partial charge is 0.271 e. The number of hydrogen-bond donors (Lipinski definition) is 2. The number of piperidine rings is 1. The van der Waals surface area contributed by atoms with Gasteiger partial charge in [-0.25, -0.2) is 9.97 Å². The van der Waals surface area contributed by atoms with Crippen LogP contribution >= 0.6 is 34.2 Å². The zero-order valence-electron chi connectivity index (χ0n) is 17.4. The number of primary amides is 1. The molecule has 0 radical (unpaired) electrons. The Bertz CT molecular complexity index is 721. The van der Waals surface area contributed by atoms with Crippen LogP contribution in [0.5, 0.6) is 0 Å². The maximum absolute atomic E-state index is 11.8. The van der Waals surface area contributed by atoms with Crippen LogP contribution in [0.15, 0.2) is 0 Å². The van der Waals surface area contributed by atoms with Gasteiger partial charge in [-0.15, -0.1) is 0 Å². The van der Waals surface area contributed by atoms with E-state index in [4.69, 9.17) is 17.3 Å². The summed E-state index contributed by atoms with van der Waals surface area (Å²) < 4.78 is 0.468. The number of carbonyl (C=O) groups is 1. The summed E-state index contributed by atoms with van der Waals surface area (Å²) in [7, 11) is 2.20. The molecule has 3 N–H and O–H groups in total. The number of likely N-dealkylation sites (N-methyl/N-ethyl adjacent to an activating group) is 1. The standard InChI is InChI=1S/C19H31ClIN7O/c1-12(23-19-15(18(22)29)24-17(21)16(20)25-19)13(2)27-6-4-14(5-7-27)28-10-8-26(3)9-11-28/h12-14H,4-11H2,1-3H3,(H2,22,29)(H,23,25)/t12?,13-/m1/s1. The van der Waals surface area contributed by atoms with Crippen LogP contribution in [0.3, 0.4) is 0 Å². The molecule has 0 aromatic carbocycles. The maximum atomic E-state index is 11.8. The molecule has 0 saturated carbocycles. The lowest BCUT2D eigenvalue weighted by Gasteiger charge is -2.44. The van der Waals surface area contributed by atoms with Crippen molar-refractivity contribution in [3.05, 3.63) is 14.5 Å². The van der Waals surface area contributed by atoms with Crippen molar-refractivity contribution < 1.29 is 4.79 Å². The fraction of sp³-hybridized carbons (Fsp3) is 0.737. The maximum Gasteiger partial charge on any atom is 0.271 e. The highest BCUT2D eigenvalue weighted by Gasteiger charge is 2.30. The number of piperazine rings is 1. The summed E-state index contributed by atoms with van der Waals surface area (Å²) in [6.45, 7) is 11.1. The molecule has 1 aromatic heterocycles. The average Bonchev–Trinajstić information content (AvgIpc) is 2.70. The van der Waals surface area contributed by atoms with E-state index in [1.165, 1.54) is 39.0 Å². The van der Waals surface area contributed by atoms with Crippen LogP contribution in [0.2, 0.25) is 5.15 Å². The van der Waals surface area contributed by atoms with E-state index in [9.17, 15) is 4.79 Å². The summed E-state index contributed by atoms with van der Waals surface area (Å²) in [6, 6.07) is 1.04. The van der Waals surface area contributed by atoms with Crippen molar-refractivity contribution in [2.75, 3.05) is 51.6 Å². The van der Waals surface area contributed by atoms with Crippen LogP contribution in [0.4, 0.5) is 5.82 Å².